The van der Waals surface area contributed by atoms with Crippen molar-refractivity contribution in [3.63, 3.8) is 0 Å². The summed E-state index contributed by atoms with van der Waals surface area (Å²) in [6.07, 6.45) is 0. The molecule has 2 nitrogen and oxygen atoms in total. The van der Waals surface area contributed by atoms with E-state index in [1.807, 2.05) is 18.2 Å². The van der Waals surface area contributed by atoms with Crippen LogP contribution in [0.15, 0.2) is 42.5 Å². The van der Waals surface area contributed by atoms with Gasteiger partial charge in [-0.2, -0.15) is 0 Å². The molecule has 3 aromatic carbocycles. The molecule has 3 aromatic rings. The van der Waals surface area contributed by atoms with E-state index in [0.717, 1.165) is 21.7 Å². The van der Waals surface area contributed by atoms with Crippen LogP contribution >= 0.6 is 31.9 Å². The standard InChI is InChI=1S/C17H12Br2O2/c18-8-15-11-3-1-2-4-12(11)16(9-19)14-7-10(17(20)21)5-6-13(14)15/h1-7H,8-9H2,(H,20,21). The van der Waals surface area contributed by atoms with Crippen LogP contribution in [0.2, 0.25) is 0 Å². The third kappa shape index (κ3) is 2.36. The van der Waals surface area contributed by atoms with Crippen molar-refractivity contribution in [1.82, 2.24) is 0 Å². The molecule has 0 aromatic heterocycles. The number of hydrogen-bond acceptors (Lipinski definition) is 1. The third-order valence-electron chi connectivity index (χ3n) is 3.76. The average molecular weight is 408 g/mol. The molecule has 0 saturated carbocycles. The molecule has 21 heavy (non-hydrogen) atoms. The van der Waals surface area contributed by atoms with E-state index < -0.39 is 5.97 Å². The van der Waals surface area contributed by atoms with Gasteiger partial charge < -0.3 is 5.11 Å². The zero-order valence-corrected chi connectivity index (χ0v) is 14.2. The Morgan fingerprint density at radius 2 is 1.38 bits per heavy atom. The molecule has 0 radical (unpaired) electrons. The minimum absolute atomic E-state index is 0.320. The van der Waals surface area contributed by atoms with Crippen molar-refractivity contribution in [2.24, 2.45) is 0 Å². The van der Waals surface area contributed by atoms with Gasteiger partial charge in [0.15, 0.2) is 0 Å². The van der Waals surface area contributed by atoms with Crippen molar-refractivity contribution in [3.8, 4) is 0 Å². The summed E-state index contributed by atoms with van der Waals surface area (Å²) >= 11 is 7.11. The van der Waals surface area contributed by atoms with Crippen LogP contribution in [-0.4, -0.2) is 11.1 Å². The predicted octanol–water partition coefficient (Wildman–Crippen LogP) is 5.48. The maximum atomic E-state index is 11.2. The fraction of sp³-hybridized carbons (Fsp3) is 0.118. The zero-order valence-electron chi connectivity index (χ0n) is 11.1. The van der Waals surface area contributed by atoms with Crippen LogP contribution < -0.4 is 0 Å². The Morgan fingerprint density at radius 3 is 1.90 bits per heavy atom. The van der Waals surface area contributed by atoms with E-state index in [-0.39, 0.29) is 0 Å². The van der Waals surface area contributed by atoms with Gasteiger partial charge in [-0.05, 0) is 44.8 Å². The monoisotopic (exact) mass is 406 g/mol. The number of carboxylic acid groups (broad SMARTS) is 1. The van der Waals surface area contributed by atoms with Gasteiger partial charge in [0.05, 0.1) is 5.56 Å². The molecule has 3 rings (SSSR count). The lowest BCUT2D eigenvalue weighted by Crippen LogP contribution is -1.98. The molecule has 0 atom stereocenters. The Labute approximate surface area is 139 Å². The van der Waals surface area contributed by atoms with E-state index in [2.05, 4.69) is 44.0 Å². The number of alkyl halides is 2. The molecule has 106 valence electrons. The largest absolute Gasteiger partial charge is 0.478 e. The van der Waals surface area contributed by atoms with Crippen LogP contribution in [0.4, 0.5) is 0 Å². The summed E-state index contributed by atoms with van der Waals surface area (Å²) in [4.78, 5) is 11.2. The predicted molar refractivity (Wildman–Crippen MR) is 93.7 cm³/mol. The molecule has 0 aliphatic heterocycles. The van der Waals surface area contributed by atoms with E-state index in [1.54, 1.807) is 12.1 Å². The Balaban J connectivity index is 2.54. The first-order valence-corrected chi connectivity index (χ1v) is 8.73. The number of fused-ring (bicyclic) bond motifs is 2. The van der Waals surface area contributed by atoms with Gasteiger partial charge in [-0.3, -0.25) is 0 Å². The number of aromatic carboxylic acids is 1. The molecule has 0 amide bonds. The van der Waals surface area contributed by atoms with Crippen molar-refractivity contribution in [3.05, 3.63) is 59.2 Å². The van der Waals surface area contributed by atoms with Gasteiger partial charge in [0.25, 0.3) is 0 Å². The highest BCUT2D eigenvalue weighted by atomic mass is 79.9. The van der Waals surface area contributed by atoms with Gasteiger partial charge in [-0.1, -0.05) is 62.2 Å². The van der Waals surface area contributed by atoms with Crippen LogP contribution in [0.5, 0.6) is 0 Å². The SMILES string of the molecule is O=C(O)c1ccc2c(CBr)c3ccccc3c(CBr)c2c1. The summed E-state index contributed by atoms with van der Waals surface area (Å²) < 4.78 is 0. The van der Waals surface area contributed by atoms with Crippen molar-refractivity contribution in [1.29, 1.82) is 0 Å². The zero-order chi connectivity index (χ0) is 15.0. The number of benzene rings is 3. The molecule has 0 aliphatic rings. The summed E-state index contributed by atoms with van der Waals surface area (Å²) in [5, 5.41) is 15.1. The molecule has 0 aliphatic carbocycles. The molecule has 0 heterocycles. The van der Waals surface area contributed by atoms with Crippen molar-refractivity contribution >= 4 is 59.4 Å². The molecule has 1 N–H and O–H groups in total. The lowest BCUT2D eigenvalue weighted by molar-refractivity contribution is 0.0697. The van der Waals surface area contributed by atoms with Crippen LogP contribution in [0, 0.1) is 0 Å². The summed E-state index contributed by atoms with van der Waals surface area (Å²) in [6.45, 7) is 0. The summed E-state index contributed by atoms with van der Waals surface area (Å²) in [5.41, 5.74) is 2.65. The normalized spacial score (nSPS) is 11.1. The molecule has 4 heteroatoms. The summed E-state index contributed by atoms with van der Waals surface area (Å²) in [7, 11) is 0. The van der Waals surface area contributed by atoms with E-state index in [1.165, 1.54) is 16.3 Å². The number of rotatable bonds is 3. The van der Waals surface area contributed by atoms with E-state index in [4.69, 9.17) is 0 Å². The molecule has 0 spiro atoms. The van der Waals surface area contributed by atoms with Gasteiger partial charge in [-0.25, -0.2) is 4.79 Å². The first-order chi connectivity index (χ1) is 10.2. The Hall–Kier alpha value is -1.39. The second-order valence-corrected chi connectivity index (χ2v) is 5.96. The molecule has 0 fully saturated rings. The lowest BCUT2D eigenvalue weighted by atomic mass is 9.92. The van der Waals surface area contributed by atoms with Crippen molar-refractivity contribution in [2.45, 2.75) is 10.7 Å². The number of hydrogen-bond donors (Lipinski definition) is 1. The molecular weight excluding hydrogens is 396 g/mol. The summed E-state index contributed by atoms with van der Waals surface area (Å²) in [5.74, 6) is -0.897. The fourth-order valence-corrected chi connectivity index (χ4v) is 3.99. The van der Waals surface area contributed by atoms with Crippen LogP contribution in [0.3, 0.4) is 0 Å². The van der Waals surface area contributed by atoms with Crippen LogP contribution in [-0.2, 0) is 10.7 Å². The highest BCUT2D eigenvalue weighted by Crippen LogP contribution is 2.35. The van der Waals surface area contributed by atoms with Gasteiger partial charge >= 0.3 is 5.97 Å². The topological polar surface area (TPSA) is 37.3 Å². The Kier molecular flexibility index (Phi) is 4.00. The van der Waals surface area contributed by atoms with Gasteiger partial charge in [-0.15, -0.1) is 0 Å². The number of carbonyl (C=O) groups is 1. The van der Waals surface area contributed by atoms with Crippen LogP contribution in [0.1, 0.15) is 21.5 Å². The second kappa shape index (κ2) is 5.78. The molecular formula is C17H12Br2O2. The van der Waals surface area contributed by atoms with Crippen LogP contribution in [0.25, 0.3) is 21.5 Å². The Morgan fingerprint density at radius 1 is 0.857 bits per heavy atom. The Bertz CT molecular complexity index is 856. The maximum Gasteiger partial charge on any atom is 0.335 e. The van der Waals surface area contributed by atoms with E-state index in [0.29, 0.717) is 10.9 Å². The highest BCUT2D eigenvalue weighted by Gasteiger charge is 2.14. The minimum Gasteiger partial charge on any atom is -0.478 e. The third-order valence-corrected chi connectivity index (χ3v) is 4.88. The molecule has 0 bridgehead atoms. The van der Waals surface area contributed by atoms with Crippen molar-refractivity contribution < 1.29 is 9.90 Å². The van der Waals surface area contributed by atoms with Crippen molar-refractivity contribution in [2.75, 3.05) is 0 Å². The molecule has 0 saturated heterocycles. The van der Waals surface area contributed by atoms with E-state index >= 15 is 0 Å². The van der Waals surface area contributed by atoms with E-state index in [9.17, 15) is 9.90 Å². The van der Waals surface area contributed by atoms with Gasteiger partial charge in [0, 0.05) is 10.7 Å². The average Bonchev–Trinajstić information content (AvgIpc) is 2.51. The lowest BCUT2D eigenvalue weighted by Gasteiger charge is -2.14. The number of carboxylic acids is 1. The minimum atomic E-state index is -0.897. The smallest absolute Gasteiger partial charge is 0.335 e. The first-order valence-electron chi connectivity index (χ1n) is 6.48. The second-order valence-electron chi connectivity index (χ2n) is 4.84. The quantitative estimate of drug-likeness (QED) is 0.461. The number of halogens is 2. The summed E-state index contributed by atoms with van der Waals surface area (Å²) in [6, 6.07) is 13.6. The van der Waals surface area contributed by atoms with Gasteiger partial charge in [0.1, 0.15) is 0 Å². The fourth-order valence-electron chi connectivity index (χ4n) is 2.78. The first kappa shape index (κ1) is 14.5. The molecule has 0 unspecified atom stereocenters. The highest BCUT2D eigenvalue weighted by molar-refractivity contribution is 9.08. The van der Waals surface area contributed by atoms with Gasteiger partial charge in [0.2, 0.25) is 0 Å². The maximum absolute atomic E-state index is 11.2.